The molecule has 1 saturated carbocycles. The van der Waals surface area contributed by atoms with Crippen LogP contribution in [-0.2, 0) is 11.2 Å². The summed E-state index contributed by atoms with van der Waals surface area (Å²) in [5.41, 5.74) is 1.22. The van der Waals surface area contributed by atoms with Crippen LogP contribution >= 0.6 is 15.9 Å². The first kappa shape index (κ1) is 9.71. The van der Waals surface area contributed by atoms with Gasteiger partial charge in [0, 0.05) is 4.47 Å². The molecule has 2 nitrogen and oxygen atoms in total. The summed E-state index contributed by atoms with van der Waals surface area (Å²) in [5, 5.41) is 8.74. The molecule has 1 aromatic carbocycles. The Morgan fingerprint density at radius 2 is 2.07 bits per heavy atom. The molecule has 0 radical (unpaired) electrons. The lowest BCUT2D eigenvalue weighted by atomic mass is 10.1. The zero-order valence-corrected chi connectivity index (χ0v) is 9.20. The fourth-order valence-corrected chi connectivity index (χ4v) is 1.96. The normalized spacial score (nSPS) is 24.6. The fraction of sp³-hybridized carbons (Fsp3) is 0.364. The molecule has 0 saturated heterocycles. The van der Waals surface area contributed by atoms with Gasteiger partial charge in [0.15, 0.2) is 0 Å². The highest BCUT2D eigenvalue weighted by atomic mass is 79.9. The zero-order valence-electron chi connectivity index (χ0n) is 7.61. The minimum atomic E-state index is -0.646. The summed E-state index contributed by atoms with van der Waals surface area (Å²) in [7, 11) is 0. The highest BCUT2D eigenvalue weighted by Gasteiger charge is 2.42. The fourth-order valence-electron chi connectivity index (χ4n) is 1.70. The second-order valence-electron chi connectivity index (χ2n) is 3.77. The maximum absolute atomic E-state index is 10.6. The van der Waals surface area contributed by atoms with Crippen molar-refractivity contribution >= 4 is 21.9 Å². The van der Waals surface area contributed by atoms with Gasteiger partial charge in [-0.25, -0.2) is 0 Å². The maximum Gasteiger partial charge on any atom is 0.306 e. The lowest BCUT2D eigenvalue weighted by Crippen LogP contribution is -2.00. The number of carbonyl (C=O) groups is 1. The zero-order chi connectivity index (χ0) is 10.1. The summed E-state index contributed by atoms with van der Waals surface area (Å²) in [6.07, 6.45) is 1.73. The number of carboxylic acid groups (broad SMARTS) is 1. The van der Waals surface area contributed by atoms with Crippen molar-refractivity contribution in [1.29, 1.82) is 0 Å². The van der Waals surface area contributed by atoms with Gasteiger partial charge in [-0.15, -0.1) is 0 Å². The first-order valence-electron chi connectivity index (χ1n) is 4.64. The van der Waals surface area contributed by atoms with Gasteiger partial charge >= 0.3 is 5.97 Å². The molecule has 74 valence electrons. The van der Waals surface area contributed by atoms with E-state index in [1.165, 1.54) is 5.56 Å². The largest absolute Gasteiger partial charge is 0.481 e. The maximum atomic E-state index is 10.6. The quantitative estimate of drug-likeness (QED) is 0.901. The molecule has 0 amide bonds. The number of carboxylic acids is 1. The molecule has 0 bridgehead atoms. The molecule has 2 rings (SSSR count). The van der Waals surface area contributed by atoms with Gasteiger partial charge < -0.3 is 5.11 Å². The molecule has 1 fully saturated rings. The first-order valence-corrected chi connectivity index (χ1v) is 5.43. The van der Waals surface area contributed by atoms with Gasteiger partial charge in [-0.2, -0.15) is 0 Å². The molecule has 1 N–H and O–H groups in total. The average molecular weight is 255 g/mol. The van der Waals surface area contributed by atoms with Crippen molar-refractivity contribution < 1.29 is 9.90 Å². The number of aliphatic carboxylic acids is 1. The monoisotopic (exact) mass is 254 g/mol. The van der Waals surface area contributed by atoms with Crippen molar-refractivity contribution in [2.75, 3.05) is 0 Å². The van der Waals surface area contributed by atoms with Gasteiger partial charge in [-0.3, -0.25) is 4.79 Å². The highest BCUT2D eigenvalue weighted by molar-refractivity contribution is 9.10. The van der Waals surface area contributed by atoms with Gasteiger partial charge in [0.2, 0.25) is 0 Å². The number of halogens is 1. The SMILES string of the molecule is O=C(O)[C@@H]1C[C@H]1Cc1ccc(Br)cc1. The van der Waals surface area contributed by atoms with E-state index in [-0.39, 0.29) is 5.92 Å². The lowest BCUT2D eigenvalue weighted by Gasteiger charge is -1.99. The molecule has 0 aliphatic heterocycles. The predicted molar refractivity (Wildman–Crippen MR) is 57.1 cm³/mol. The second kappa shape index (κ2) is 3.73. The van der Waals surface area contributed by atoms with Crippen LogP contribution in [0.25, 0.3) is 0 Å². The second-order valence-corrected chi connectivity index (χ2v) is 4.69. The summed E-state index contributed by atoms with van der Waals surface area (Å²) in [6.45, 7) is 0. The van der Waals surface area contributed by atoms with Crippen LogP contribution in [-0.4, -0.2) is 11.1 Å². The lowest BCUT2D eigenvalue weighted by molar-refractivity contribution is -0.138. The molecule has 0 aromatic heterocycles. The summed E-state index contributed by atoms with van der Waals surface area (Å²) in [5.74, 6) is -0.389. The van der Waals surface area contributed by atoms with Crippen LogP contribution in [0.3, 0.4) is 0 Å². The molecule has 1 aliphatic carbocycles. The first-order chi connectivity index (χ1) is 6.66. The number of rotatable bonds is 3. The Kier molecular flexibility index (Phi) is 2.59. The summed E-state index contributed by atoms with van der Waals surface area (Å²) in [6, 6.07) is 8.07. The van der Waals surface area contributed by atoms with Crippen molar-refractivity contribution in [3.05, 3.63) is 34.3 Å². The van der Waals surface area contributed by atoms with E-state index in [2.05, 4.69) is 15.9 Å². The van der Waals surface area contributed by atoms with E-state index in [4.69, 9.17) is 5.11 Å². The molecular formula is C11H11BrO2. The third-order valence-corrected chi connectivity index (χ3v) is 3.18. The minimum Gasteiger partial charge on any atom is -0.481 e. The smallest absolute Gasteiger partial charge is 0.306 e. The summed E-state index contributed by atoms with van der Waals surface area (Å²) >= 11 is 3.37. The Balaban J connectivity index is 1.94. The Hall–Kier alpha value is -0.830. The average Bonchev–Trinajstić information content (AvgIpc) is 2.88. The molecule has 0 unspecified atom stereocenters. The van der Waals surface area contributed by atoms with Gasteiger partial charge in [0.25, 0.3) is 0 Å². The number of hydrogen-bond acceptors (Lipinski definition) is 1. The van der Waals surface area contributed by atoms with Gasteiger partial charge in [0.05, 0.1) is 5.92 Å². The molecule has 2 atom stereocenters. The Labute approximate surface area is 91.1 Å². The van der Waals surface area contributed by atoms with Crippen LogP contribution in [0, 0.1) is 11.8 Å². The van der Waals surface area contributed by atoms with E-state index in [0.717, 1.165) is 17.3 Å². The third-order valence-electron chi connectivity index (χ3n) is 2.65. The molecule has 0 heterocycles. The highest BCUT2D eigenvalue weighted by Crippen LogP contribution is 2.41. The summed E-state index contributed by atoms with van der Waals surface area (Å²) in [4.78, 5) is 10.6. The van der Waals surface area contributed by atoms with Crippen LogP contribution < -0.4 is 0 Å². The van der Waals surface area contributed by atoms with Crippen LogP contribution in [0.2, 0.25) is 0 Å². The van der Waals surface area contributed by atoms with E-state index >= 15 is 0 Å². The van der Waals surface area contributed by atoms with Gasteiger partial charge in [-0.1, -0.05) is 28.1 Å². The Morgan fingerprint density at radius 3 is 2.57 bits per heavy atom. The van der Waals surface area contributed by atoms with Crippen LogP contribution in [0.1, 0.15) is 12.0 Å². The van der Waals surface area contributed by atoms with Crippen molar-refractivity contribution in [3.63, 3.8) is 0 Å². The number of benzene rings is 1. The van der Waals surface area contributed by atoms with Crippen molar-refractivity contribution in [1.82, 2.24) is 0 Å². The topological polar surface area (TPSA) is 37.3 Å². The van der Waals surface area contributed by atoms with E-state index in [1.54, 1.807) is 0 Å². The van der Waals surface area contributed by atoms with E-state index < -0.39 is 5.97 Å². The van der Waals surface area contributed by atoms with Crippen LogP contribution in [0.15, 0.2) is 28.7 Å². The standard InChI is InChI=1S/C11H11BrO2/c12-9-3-1-7(2-4-9)5-8-6-10(8)11(13)14/h1-4,8,10H,5-6H2,(H,13,14)/t8-,10-/m1/s1. The predicted octanol–water partition coefficient (Wildman–Crippen LogP) is 2.71. The number of hydrogen-bond donors (Lipinski definition) is 1. The molecule has 0 spiro atoms. The minimum absolute atomic E-state index is 0.0985. The molecule has 14 heavy (non-hydrogen) atoms. The van der Waals surface area contributed by atoms with E-state index in [1.807, 2.05) is 24.3 Å². The van der Waals surface area contributed by atoms with E-state index in [9.17, 15) is 4.79 Å². The Morgan fingerprint density at radius 1 is 1.43 bits per heavy atom. The molecule has 3 heteroatoms. The Bertz CT molecular complexity index is 345. The van der Waals surface area contributed by atoms with Gasteiger partial charge in [0.1, 0.15) is 0 Å². The molecule has 1 aromatic rings. The molecule has 1 aliphatic rings. The van der Waals surface area contributed by atoms with Crippen LogP contribution in [0.5, 0.6) is 0 Å². The molecular weight excluding hydrogens is 244 g/mol. The van der Waals surface area contributed by atoms with Crippen LogP contribution in [0.4, 0.5) is 0 Å². The van der Waals surface area contributed by atoms with Gasteiger partial charge in [-0.05, 0) is 36.5 Å². The van der Waals surface area contributed by atoms with Crippen molar-refractivity contribution in [3.8, 4) is 0 Å². The van der Waals surface area contributed by atoms with Crippen molar-refractivity contribution in [2.45, 2.75) is 12.8 Å². The third kappa shape index (κ3) is 2.15. The summed E-state index contributed by atoms with van der Waals surface area (Å²) < 4.78 is 1.06. The van der Waals surface area contributed by atoms with E-state index in [0.29, 0.717) is 5.92 Å². The van der Waals surface area contributed by atoms with Crippen molar-refractivity contribution in [2.24, 2.45) is 11.8 Å².